The maximum atomic E-state index is 11.6. The zero-order chi connectivity index (χ0) is 15.1. The summed E-state index contributed by atoms with van der Waals surface area (Å²) < 4.78 is 0. The Morgan fingerprint density at radius 3 is 2.45 bits per heavy atom. The van der Waals surface area contributed by atoms with Crippen molar-refractivity contribution in [1.29, 1.82) is 0 Å². The lowest BCUT2D eigenvalue weighted by atomic mass is 10.1. The van der Waals surface area contributed by atoms with Gasteiger partial charge in [-0.1, -0.05) is 6.07 Å². The number of primary amides is 1. The number of nitrogens with two attached hydrogens (primary N) is 1. The first-order valence-corrected chi connectivity index (χ1v) is 5.83. The maximum Gasteiger partial charge on any atom is 0.336 e. The Kier molecular flexibility index (Phi) is 5.33. The minimum atomic E-state index is -1.06. The molecule has 0 heterocycles. The molecule has 1 aromatic rings. The number of aromatic carboxylic acids is 1. The van der Waals surface area contributed by atoms with Gasteiger partial charge in [0.25, 0.3) is 0 Å². The van der Waals surface area contributed by atoms with Crippen LogP contribution in [0.4, 0.5) is 15.3 Å². The van der Waals surface area contributed by atoms with E-state index in [0.29, 0.717) is 11.3 Å². The highest BCUT2D eigenvalue weighted by atomic mass is 16.4. The van der Waals surface area contributed by atoms with Crippen LogP contribution in [0.3, 0.4) is 0 Å². The van der Waals surface area contributed by atoms with Crippen molar-refractivity contribution < 1.29 is 19.5 Å². The number of anilines is 1. The van der Waals surface area contributed by atoms with E-state index in [1.54, 1.807) is 19.1 Å². The zero-order valence-electron chi connectivity index (χ0n) is 10.9. The first-order valence-electron chi connectivity index (χ1n) is 5.83. The Morgan fingerprint density at radius 2 is 1.85 bits per heavy atom. The highest BCUT2D eigenvalue weighted by Gasteiger charge is 2.11. The topological polar surface area (TPSA) is 134 Å². The number of urea groups is 2. The normalized spacial score (nSPS) is 9.65. The Labute approximate surface area is 115 Å². The van der Waals surface area contributed by atoms with E-state index in [2.05, 4.69) is 16.0 Å². The summed E-state index contributed by atoms with van der Waals surface area (Å²) in [7, 11) is 0. The fourth-order valence-electron chi connectivity index (χ4n) is 1.53. The second-order valence-electron chi connectivity index (χ2n) is 3.96. The molecule has 0 aromatic heterocycles. The van der Waals surface area contributed by atoms with Crippen LogP contribution in [0.1, 0.15) is 15.9 Å². The standard InChI is InChI=1S/C12H16N4O4/c1-7-8(10(17)18)3-2-4-9(7)16-12(20)15-6-5-14-11(13)19/h2-4H,5-6H2,1H3,(H,17,18)(H3,13,14,19)(H2,15,16,20). The van der Waals surface area contributed by atoms with Crippen molar-refractivity contribution in [2.24, 2.45) is 5.73 Å². The third-order valence-electron chi connectivity index (χ3n) is 2.52. The Hall–Kier alpha value is -2.77. The van der Waals surface area contributed by atoms with Crippen LogP contribution >= 0.6 is 0 Å². The quantitative estimate of drug-likeness (QED) is 0.501. The van der Waals surface area contributed by atoms with Gasteiger partial charge in [0.05, 0.1) is 5.56 Å². The van der Waals surface area contributed by atoms with Crippen molar-refractivity contribution in [2.45, 2.75) is 6.92 Å². The van der Waals surface area contributed by atoms with Gasteiger partial charge < -0.3 is 26.8 Å². The van der Waals surface area contributed by atoms with Crippen molar-refractivity contribution >= 4 is 23.7 Å². The molecule has 0 saturated heterocycles. The number of hydrogen-bond donors (Lipinski definition) is 5. The lowest BCUT2D eigenvalue weighted by Gasteiger charge is -2.11. The molecule has 4 amide bonds. The number of benzene rings is 1. The maximum absolute atomic E-state index is 11.6. The molecule has 0 saturated carbocycles. The lowest BCUT2D eigenvalue weighted by Crippen LogP contribution is -2.38. The fourth-order valence-corrected chi connectivity index (χ4v) is 1.53. The summed E-state index contributed by atoms with van der Waals surface area (Å²) in [5.74, 6) is -1.06. The molecule has 108 valence electrons. The minimum Gasteiger partial charge on any atom is -0.478 e. The van der Waals surface area contributed by atoms with Crippen LogP contribution in [0.25, 0.3) is 0 Å². The van der Waals surface area contributed by atoms with Gasteiger partial charge in [0.1, 0.15) is 0 Å². The molecule has 0 spiro atoms. The highest BCUT2D eigenvalue weighted by molar-refractivity contribution is 5.95. The van der Waals surface area contributed by atoms with Gasteiger partial charge in [-0.3, -0.25) is 0 Å². The van der Waals surface area contributed by atoms with Gasteiger partial charge in [-0.15, -0.1) is 0 Å². The third-order valence-corrected chi connectivity index (χ3v) is 2.52. The van der Waals surface area contributed by atoms with Gasteiger partial charge in [-0.2, -0.15) is 0 Å². The van der Waals surface area contributed by atoms with E-state index in [-0.39, 0.29) is 18.7 Å². The zero-order valence-corrected chi connectivity index (χ0v) is 10.9. The number of carboxylic acid groups (broad SMARTS) is 1. The summed E-state index contributed by atoms with van der Waals surface area (Å²) >= 11 is 0. The molecule has 0 aliphatic carbocycles. The summed E-state index contributed by atoms with van der Waals surface area (Å²) in [6.45, 7) is 2.01. The van der Waals surface area contributed by atoms with Crippen molar-refractivity contribution in [1.82, 2.24) is 10.6 Å². The Balaban J connectivity index is 2.56. The van der Waals surface area contributed by atoms with Gasteiger partial charge in [-0.25, -0.2) is 14.4 Å². The predicted molar refractivity (Wildman–Crippen MR) is 72.7 cm³/mol. The van der Waals surface area contributed by atoms with Crippen LogP contribution < -0.4 is 21.7 Å². The van der Waals surface area contributed by atoms with Gasteiger partial charge in [0.2, 0.25) is 0 Å². The van der Waals surface area contributed by atoms with Gasteiger partial charge in [0.15, 0.2) is 0 Å². The van der Waals surface area contributed by atoms with E-state index in [4.69, 9.17) is 10.8 Å². The van der Waals surface area contributed by atoms with E-state index >= 15 is 0 Å². The van der Waals surface area contributed by atoms with Crippen molar-refractivity contribution in [3.8, 4) is 0 Å². The molecule has 1 aromatic carbocycles. The number of rotatable bonds is 5. The van der Waals surface area contributed by atoms with E-state index in [1.165, 1.54) is 6.07 Å². The van der Waals surface area contributed by atoms with E-state index in [0.717, 1.165) is 0 Å². The number of carbonyl (C=O) groups is 3. The van der Waals surface area contributed by atoms with Crippen LogP contribution in [0.2, 0.25) is 0 Å². The number of carbonyl (C=O) groups excluding carboxylic acids is 2. The second-order valence-corrected chi connectivity index (χ2v) is 3.96. The summed E-state index contributed by atoms with van der Waals surface area (Å²) in [4.78, 5) is 32.9. The predicted octanol–water partition coefficient (Wildman–Crippen LogP) is 0.483. The molecule has 0 aliphatic heterocycles. The van der Waals surface area contributed by atoms with Crippen molar-refractivity contribution in [2.75, 3.05) is 18.4 Å². The summed E-state index contributed by atoms with van der Waals surface area (Å²) in [5, 5.41) is 16.3. The van der Waals surface area contributed by atoms with Crippen molar-refractivity contribution in [3.05, 3.63) is 29.3 Å². The van der Waals surface area contributed by atoms with Gasteiger partial charge in [0, 0.05) is 18.8 Å². The fraction of sp³-hybridized carbons (Fsp3) is 0.250. The molecule has 8 heteroatoms. The largest absolute Gasteiger partial charge is 0.478 e. The third kappa shape index (κ3) is 4.48. The average Bonchev–Trinajstić information content (AvgIpc) is 2.36. The van der Waals surface area contributed by atoms with Gasteiger partial charge in [-0.05, 0) is 24.6 Å². The van der Waals surface area contributed by atoms with E-state index in [9.17, 15) is 14.4 Å². The summed E-state index contributed by atoms with van der Waals surface area (Å²) in [5.41, 5.74) is 5.86. The number of hydrogen-bond acceptors (Lipinski definition) is 3. The monoisotopic (exact) mass is 280 g/mol. The van der Waals surface area contributed by atoms with Crippen LogP contribution in [0.15, 0.2) is 18.2 Å². The van der Waals surface area contributed by atoms with E-state index < -0.39 is 18.0 Å². The number of carboxylic acids is 1. The molecule has 8 nitrogen and oxygen atoms in total. The second kappa shape index (κ2) is 6.98. The molecule has 6 N–H and O–H groups in total. The highest BCUT2D eigenvalue weighted by Crippen LogP contribution is 2.18. The number of amides is 4. The average molecular weight is 280 g/mol. The molecule has 20 heavy (non-hydrogen) atoms. The molecule has 0 radical (unpaired) electrons. The molecule has 0 unspecified atom stereocenters. The number of nitrogens with one attached hydrogen (secondary N) is 3. The van der Waals surface area contributed by atoms with Gasteiger partial charge >= 0.3 is 18.0 Å². The van der Waals surface area contributed by atoms with Crippen molar-refractivity contribution in [3.63, 3.8) is 0 Å². The molecular formula is C12H16N4O4. The molecule has 0 aliphatic rings. The smallest absolute Gasteiger partial charge is 0.336 e. The lowest BCUT2D eigenvalue weighted by molar-refractivity contribution is 0.0696. The Morgan fingerprint density at radius 1 is 1.20 bits per heavy atom. The van der Waals surface area contributed by atoms with Crippen LogP contribution in [0.5, 0.6) is 0 Å². The molecule has 0 atom stereocenters. The molecular weight excluding hydrogens is 264 g/mol. The first kappa shape index (κ1) is 15.3. The first-order chi connectivity index (χ1) is 9.41. The SMILES string of the molecule is Cc1c(NC(=O)NCCNC(N)=O)cccc1C(=O)O. The summed E-state index contributed by atoms with van der Waals surface area (Å²) in [6, 6.07) is 3.43. The van der Waals surface area contributed by atoms with Crippen LogP contribution in [-0.2, 0) is 0 Å². The molecule has 1 rings (SSSR count). The minimum absolute atomic E-state index is 0.123. The molecule has 0 fully saturated rings. The van der Waals surface area contributed by atoms with E-state index in [1.807, 2.05) is 0 Å². The van der Waals surface area contributed by atoms with Crippen LogP contribution in [0, 0.1) is 6.92 Å². The summed E-state index contributed by atoms with van der Waals surface area (Å²) in [6.07, 6.45) is 0. The Bertz CT molecular complexity index is 530. The van der Waals surface area contributed by atoms with Crippen LogP contribution in [-0.4, -0.2) is 36.2 Å². The molecule has 0 bridgehead atoms.